The van der Waals surface area contributed by atoms with E-state index in [4.69, 9.17) is 0 Å². The van der Waals surface area contributed by atoms with Crippen LogP contribution in [0.5, 0.6) is 0 Å². The molecular weight excluding hydrogens is 306 g/mol. The van der Waals surface area contributed by atoms with E-state index >= 15 is 0 Å². The molecule has 1 N–H and O–H groups in total. The maximum atomic E-state index is 11.9. The third kappa shape index (κ3) is 3.07. The summed E-state index contributed by atoms with van der Waals surface area (Å²) in [6.07, 6.45) is 0.499. The van der Waals surface area contributed by atoms with Gasteiger partial charge in [0.15, 0.2) is 9.84 Å². The topological polar surface area (TPSA) is 63.2 Å². The van der Waals surface area contributed by atoms with Crippen molar-refractivity contribution in [1.82, 2.24) is 5.32 Å². The fourth-order valence-electron chi connectivity index (χ4n) is 1.82. The van der Waals surface area contributed by atoms with E-state index in [9.17, 15) is 13.2 Å². The van der Waals surface area contributed by atoms with Crippen LogP contribution in [0.15, 0.2) is 28.7 Å². The van der Waals surface area contributed by atoms with Crippen molar-refractivity contribution >= 4 is 31.7 Å². The highest BCUT2D eigenvalue weighted by Crippen LogP contribution is 2.17. The van der Waals surface area contributed by atoms with Crippen LogP contribution in [-0.2, 0) is 9.84 Å². The van der Waals surface area contributed by atoms with E-state index in [1.807, 2.05) is 6.07 Å². The zero-order chi connectivity index (χ0) is 12.5. The lowest BCUT2D eigenvalue weighted by molar-refractivity contribution is 0.0940. The van der Waals surface area contributed by atoms with Crippen LogP contribution in [0.2, 0.25) is 0 Å². The Hall–Kier alpha value is -0.880. The minimum absolute atomic E-state index is 0.0448. The number of carbonyl (C=O) groups excluding carboxylic acids is 1. The summed E-state index contributed by atoms with van der Waals surface area (Å²) in [5, 5.41) is 2.74. The Bertz CT molecular complexity index is 541. The van der Waals surface area contributed by atoms with Gasteiger partial charge in [-0.2, -0.15) is 0 Å². The molecular formula is C11H12BrNO3S. The number of hydrogen-bond acceptors (Lipinski definition) is 3. The third-order valence-corrected chi connectivity index (χ3v) is 5.15. The van der Waals surface area contributed by atoms with Gasteiger partial charge in [0.25, 0.3) is 5.91 Å². The molecule has 1 aromatic carbocycles. The van der Waals surface area contributed by atoms with E-state index in [-0.39, 0.29) is 23.5 Å². The second kappa shape index (κ2) is 4.78. The van der Waals surface area contributed by atoms with E-state index in [1.165, 1.54) is 0 Å². The summed E-state index contributed by atoms with van der Waals surface area (Å²) >= 11 is 3.29. The van der Waals surface area contributed by atoms with Crippen molar-refractivity contribution in [1.29, 1.82) is 0 Å². The molecule has 1 amide bonds. The molecule has 1 heterocycles. The molecule has 1 fully saturated rings. The smallest absolute Gasteiger partial charge is 0.252 e. The maximum Gasteiger partial charge on any atom is 0.252 e. The normalized spacial score (nSPS) is 22.3. The van der Waals surface area contributed by atoms with Crippen LogP contribution in [-0.4, -0.2) is 31.9 Å². The highest BCUT2D eigenvalue weighted by molar-refractivity contribution is 9.10. The molecule has 0 spiro atoms. The van der Waals surface area contributed by atoms with Gasteiger partial charge < -0.3 is 5.32 Å². The lowest BCUT2D eigenvalue weighted by Gasteiger charge is -2.11. The molecule has 6 heteroatoms. The Balaban J connectivity index is 2.06. The number of halogens is 1. The van der Waals surface area contributed by atoms with E-state index in [0.29, 0.717) is 16.5 Å². The molecule has 1 aliphatic heterocycles. The van der Waals surface area contributed by atoms with E-state index in [0.717, 1.165) is 0 Å². The molecule has 0 bridgehead atoms. The molecule has 1 saturated heterocycles. The summed E-state index contributed by atoms with van der Waals surface area (Å²) < 4.78 is 23.2. The van der Waals surface area contributed by atoms with Gasteiger partial charge in [0.2, 0.25) is 0 Å². The van der Waals surface area contributed by atoms with Crippen LogP contribution in [0.4, 0.5) is 0 Å². The predicted octanol–water partition coefficient (Wildman–Crippen LogP) is 1.37. The van der Waals surface area contributed by atoms with Gasteiger partial charge in [-0.1, -0.05) is 12.1 Å². The van der Waals surface area contributed by atoms with Gasteiger partial charge in [0.1, 0.15) is 0 Å². The first-order chi connectivity index (χ1) is 7.98. The quantitative estimate of drug-likeness (QED) is 0.896. The molecule has 1 aliphatic rings. The molecule has 1 unspecified atom stereocenters. The monoisotopic (exact) mass is 317 g/mol. The van der Waals surface area contributed by atoms with Gasteiger partial charge >= 0.3 is 0 Å². The van der Waals surface area contributed by atoms with Crippen LogP contribution in [0, 0.1) is 0 Å². The highest BCUT2D eigenvalue weighted by Gasteiger charge is 2.29. The van der Waals surface area contributed by atoms with Crippen LogP contribution in [0.3, 0.4) is 0 Å². The Morgan fingerprint density at radius 3 is 2.65 bits per heavy atom. The first-order valence-corrected chi connectivity index (χ1v) is 7.85. The van der Waals surface area contributed by atoms with Crippen LogP contribution in [0.25, 0.3) is 0 Å². The van der Waals surface area contributed by atoms with Crippen LogP contribution >= 0.6 is 15.9 Å². The summed E-state index contributed by atoms with van der Waals surface area (Å²) in [5.41, 5.74) is 0.525. The molecule has 0 aliphatic carbocycles. The molecule has 92 valence electrons. The first-order valence-electron chi connectivity index (χ1n) is 5.24. The largest absolute Gasteiger partial charge is 0.348 e. The first kappa shape index (κ1) is 12.6. The maximum absolute atomic E-state index is 11.9. The lowest BCUT2D eigenvalue weighted by Crippen LogP contribution is -2.35. The minimum atomic E-state index is -2.96. The summed E-state index contributed by atoms with van der Waals surface area (Å²) in [6, 6.07) is 6.80. The van der Waals surface area contributed by atoms with Crippen LogP contribution in [0.1, 0.15) is 16.8 Å². The fourth-order valence-corrected chi connectivity index (χ4v) is 3.96. The molecule has 4 nitrogen and oxygen atoms in total. The van der Waals surface area contributed by atoms with Crippen molar-refractivity contribution in [3.63, 3.8) is 0 Å². The Morgan fingerprint density at radius 2 is 2.06 bits per heavy atom. The third-order valence-electron chi connectivity index (χ3n) is 2.69. The van der Waals surface area contributed by atoms with E-state index in [2.05, 4.69) is 21.2 Å². The highest BCUT2D eigenvalue weighted by atomic mass is 79.9. The van der Waals surface area contributed by atoms with Crippen LogP contribution < -0.4 is 5.32 Å². The van der Waals surface area contributed by atoms with Crippen molar-refractivity contribution in [2.75, 3.05) is 11.5 Å². The summed E-state index contributed by atoms with van der Waals surface area (Å²) in [7, 11) is -2.96. The Kier molecular flexibility index (Phi) is 3.53. The molecule has 2 rings (SSSR count). The molecule has 17 heavy (non-hydrogen) atoms. The van der Waals surface area contributed by atoms with E-state index in [1.54, 1.807) is 18.2 Å². The predicted molar refractivity (Wildman–Crippen MR) is 68.7 cm³/mol. The molecule has 1 atom stereocenters. The second-order valence-corrected chi connectivity index (χ2v) is 7.14. The zero-order valence-corrected chi connectivity index (χ0v) is 11.4. The number of rotatable bonds is 2. The van der Waals surface area contributed by atoms with Gasteiger partial charge in [0.05, 0.1) is 17.1 Å². The SMILES string of the molecule is O=C(NC1CCS(=O)(=O)C1)c1ccccc1Br. The molecule has 0 saturated carbocycles. The van der Waals surface area contributed by atoms with Gasteiger partial charge in [-0.3, -0.25) is 4.79 Å². The number of nitrogens with one attached hydrogen (secondary N) is 1. The number of hydrogen-bond donors (Lipinski definition) is 1. The standard InChI is InChI=1S/C11H12BrNO3S/c12-10-4-2-1-3-9(10)11(14)13-8-5-6-17(15,16)7-8/h1-4,8H,5-7H2,(H,13,14). The number of carbonyl (C=O) groups is 1. The number of benzene rings is 1. The molecule has 0 radical (unpaired) electrons. The molecule has 1 aromatic rings. The number of amides is 1. The summed E-state index contributed by atoms with van der Waals surface area (Å²) in [4.78, 5) is 11.9. The van der Waals surface area contributed by atoms with Gasteiger partial charge in [-0.25, -0.2) is 8.42 Å². The zero-order valence-electron chi connectivity index (χ0n) is 9.02. The van der Waals surface area contributed by atoms with Crippen molar-refractivity contribution in [3.8, 4) is 0 Å². The number of sulfone groups is 1. The van der Waals surface area contributed by atoms with Gasteiger partial charge in [-0.05, 0) is 34.5 Å². The van der Waals surface area contributed by atoms with Crippen molar-refractivity contribution < 1.29 is 13.2 Å². The Labute approximate surface area is 108 Å². The van der Waals surface area contributed by atoms with Gasteiger partial charge in [0, 0.05) is 10.5 Å². The lowest BCUT2D eigenvalue weighted by atomic mass is 10.2. The molecule has 0 aromatic heterocycles. The minimum Gasteiger partial charge on any atom is -0.348 e. The van der Waals surface area contributed by atoms with Crippen molar-refractivity contribution in [3.05, 3.63) is 34.3 Å². The van der Waals surface area contributed by atoms with E-state index < -0.39 is 9.84 Å². The summed E-state index contributed by atoms with van der Waals surface area (Å²) in [6.45, 7) is 0. The van der Waals surface area contributed by atoms with Crippen molar-refractivity contribution in [2.45, 2.75) is 12.5 Å². The average Bonchev–Trinajstić information content (AvgIpc) is 2.58. The Morgan fingerprint density at radius 1 is 1.35 bits per heavy atom. The van der Waals surface area contributed by atoms with Crippen molar-refractivity contribution in [2.24, 2.45) is 0 Å². The average molecular weight is 318 g/mol. The fraction of sp³-hybridized carbons (Fsp3) is 0.364. The summed E-state index contributed by atoms with van der Waals surface area (Å²) in [5.74, 6) is -0.0310. The second-order valence-electron chi connectivity index (χ2n) is 4.05. The van der Waals surface area contributed by atoms with Gasteiger partial charge in [-0.15, -0.1) is 0 Å².